The quantitative estimate of drug-likeness (QED) is 0.666. The molecule has 0 saturated carbocycles. The second-order valence-electron chi connectivity index (χ2n) is 4.47. The van der Waals surface area contributed by atoms with Crippen LogP contribution in [0.4, 0.5) is 5.95 Å². The summed E-state index contributed by atoms with van der Waals surface area (Å²) >= 11 is 0. The predicted octanol–water partition coefficient (Wildman–Crippen LogP) is 1.84. The molecule has 4 nitrogen and oxygen atoms in total. The highest BCUT2D eigenvalue weighted by Gasteiger charge is 2.16. The molecule has 2 heterocycles. The number of nitrogens with one attached hydrogen (secondary N) is 1. The number of nitrogen functional groups attached to an aromatic ring is 1. The van der Waals surface area contributed by atoms with Gasteiger partial charge in [0.25, 0.3) is 0 Å². The van der Waals surface area contributed by atoms with Gasteiger partial charge in [0.05, 0.1) is 0 Å². The van der Waals surface area contributed by atoms with Crippen molar-refractivity contribution >= 4 is 17.0 Å². The monoisotopic (exact) mass is 190 g/mol. The first-order valence-electron chi connectivity index (χ1n) is 4.58. The molecule has 0 bridgehead atoms. The molecule has 0 aliphatic rings. The SMILES string of the molecule is CC(C)(C)c1cc2cnc(N)nc2[nH]1. The number of nitrogens with zero attached hydrogens (tertiary/aromatic N) is 2. The summed E-state index contributed by atoms with van der Waals surface area (Å²) in [5.41, 5.74) is 7.55. The Morgan fingerprint density at radius 3 is 2.71 bits per heavy atom. The van der Waals surface area contributed by atoms with E-state index in [4.69, 9.17) is 5.73 Å². The van der Waals surface area contributed by atoms with Crippen LogP contribution in [0.1, 0.15) is 26.5 Å². The lowest BCUT2D eigenvalue weighted by molar-refractivity contribution is 0.574. The Morgan fingerprint density at radius 2 is 2.07 bits per heavy atom. The van der Waals surface area contributed by atoms with Gasteiger partial charge in [-0.15, -0.1) is 0 Å². The second-order valence-corrected chi connectivity index (χ2v) is 4.47. The van der Waals surface area contributed by atoms with E-state index in [9.17, 15) is 0 Å². The lowest BCUT2D eigenvalue weighted by atomic mass is 9.92. The molecule has 0 aliphatic heterocycles. The first-order chi connectivity index (χ1) is 6.47. The first kappa shape index (κ1) is 8.99. The lowest BCUT2D eigenvalue weighted by Crippen LogP contribution is -2.11. The molecule has 0 aliphatic carbocycles. The molecule has 0 amide bonds. The molecule has 0 spiro atoms. The maximum Gasteiger partial charge on any atom is 0.221 e. The van der Waals surface area contributed by atoms with E-state index in [0.717, 1.165) is 16.7 Å². The van der Waals surface area contributed by atoms with Crippen molar-refractivity contribution < 1.29 is 0 Å². The minimum Gasteiger partial charge on any atom is -0.368 e. The van der Waals surface area contributed by atoms with Crippen molar-refractivity contribution in [2.45, 2.75) is 26.2 Å². The molecule has 14 heavy (non-hydrogen) atoms. The Balaban J connectivity index is 2.63. The highest BCUT2D eigenvalue weighted by molar-refractivity contribution is 5.76. The Labute approximate surface area is 82.6 Å². The molecular weight excluding hydrogens is 176 g/mol. The number of aromatic amines is 1. The van der Waals surface area contributed by atoms with Gasteiger partial charge >= 0.3 is 0 Å². The fourth-order valence-electron chi connectivity index (χ4n) is 1.33. The molecule has 4 heteroatoms. The van der Waals surface area contributed by atoms with Crippen LogP contribution in [0.3, 0.4) is 0 Å². The van der Waals surface area contributed by atoms with E-state index in [2.05, 4.69) is 41.8 Å². The van der Waals surface area contributed by atoms with Crippen molar-refractivity contribution in [1.29, 1.82) is 0 Å². The zero-order valence-electron chi connectivity index (χ0n) is 8.63. The first-order valence-corrected chi connectivity index (χ1v) is 4.58. The van der Waals surface area contributed by atoms with Gasteiger partial charge < -0.3 is 10.7 Å². The van der Waals surface area contributed by atoms with Crippen LogP contribution < -0.4 is 5.73 Å². The summed E-state index contributed by atoms with van der Waals surface area (Å²) in [4.78, 5) is 11.3. The number of fused-ring (bicyclic) bond motifs is 1. The molecule has 0 atom stereocenters. The molecule has 0 aromatic carbocycles. The van der Waals surface area contributed by atoms with Crippen LogP contribution in [0.15, 0.2) is 12.3 Å². The number of anilines is 1. The van der Waals surface area contributed by atoms with Crippen LogP contribution in [0.5, 0.6) is 0 Å². The third-order valence-corrected chi connectivity index (χ3v) is 2.20. The molecule has 2 rings (SSSR count). The molecule has 0 saturated heterocycles. The van der Waals surface area contributed by atoms with E-state index in [1.54, 1.807) is 6.20 Å². The Hall–Kier alpha value is -1.58. The van der Waals surface area contributed by atoms with Gasteiger partial charge in [0.15, 0.2) is 0 Å². The molecular formula is C10H14N4. The van der Waals surface area contributed by atoms with Gasteiger partial charge in [-0.2, -0.15) is 4.98 Å². The minimum absolute atomic E-state index is 0.0927. The summed E-state index contributed by atoms with van der Waals surface area (Å²) in [6.07, 6.45) is 1.74. The summed E-state index contributed by atoms with van der Waals surface area (Å²) in [6, 6.07) is 2.06. The van der Waals surface area contributed by atoms with E-state index < -0.39 is 0 Å². The Morgan fingerprint density at radius 1 is 1.36 bits per heavy atom. The number of H-pyrrole nitrogens is 1. The zero-order valence-corrected chi connectivity index (χ0v) is 8.63. The number of rotatable bonds is 0. The summed E-state index contributed by atoms with van der Waals surface area (Å²) in [6.45, 7) is 6.44. The summed E-state index contributed by atoms with van der Waals surface area (Å²) in [5, 5.41) is 1.00. The van der Waals surface area contributed by atoms with E-state index in [0.29, 0.717) is 5.95 Å². The van der Waals surface area contributed by atoms with Gasteiger partial charge in [-0.1, -0.05) is 20.8 Å². The molecule has 2 aromatic rings. The van der Waals surface area contributed by atoms with Crippen molar-refractivity contribution in [2.24, 2.45) is 0 Å². The fraction of sp³-hybridized carbons (Fsp3) is 0.400. The molecule has 0 fully saturated rings. The van der Waals surface area contributed by atoms with Gasteiger partial charge in [-0.05, 0) is 6.07 Å². The van der Waals surface area contributed by atoms with E-state index in [-0.39, 0.29) is 5.41 Å². The fourth-order valence-corrected chi connectivity index (χ4v) is 1.33. The molecule has 74 valence electrons. The third-order valence-electron chi connectivity index (χ3n) is 2.20. The number of hydrogen-bond acceptors (Lipinski definition) is 3. The van der Waals surface area contributed by atoms with Crippen LogP contribution in [-0.4, -0.2) is 15.0 Å². The van der Waals surface area contributed by atoms with Crippen molar-refractivity contribution in [1.82, 2.24) is 15.0 Å². The largest absolute Gasteiger partial charge is 0.368 e. The lowest BCUT2D eigenvalue weighted by Gasteiger charge is -2.15. The van der Waals surface area contributed by atoms with Crippen molar-refractivity contribution in [3.8, 4) is 0 Å². The average Bonchev–Trinajstić information content (AvgIpc) is 2.45. The Bertz CT molecular complexity index is 464. The highest BCUT2D eigenvalue weighted by Crippen LogP contribution is 2.24. The molecule has 0 unspecified atom stereocenters. The van der Waals surface area contributed by atoms with Gasteiger partial charge in [-0.25, -0.2) is 4.98 Å². The van der Waals surface area contributed by atoms with Gasteiger partial charge in [0.2, 0.25) is 5.95 Å². The van der Waals surface area contributed by atoms with Crippen LogP contribution >= 0.6 is 0 Å². The Kier molecular flexibility index (Phi) is 1.74. The maximum atomic E-state index is 5.50. The van der Waals surface area contributed by atoms with E-state index in [1.807, 2.05) is 0 Å². The van der Waals surface area contributed by atoms with Crippen molar-refractivity contribution in [3.05, 3.63) is 18.0 Å². The van der Waals surface area contributed by atoms with Gasteiger partial charge in [-0.3, -0.25) is 0 Å². The minimum atomic E-state index is 0.0927. The molecule has 3 N–H and O–H groups in total. The number of nitrogens with two attached hydrogens (primary N) is 1. The third kappa shape index (κ3) is 1.43. The van der Waals surface area contributed by atoms with Crippen LogP contribution in [-0.2, 0) is 5.41 Å². The van der Waals surface area contributed by atoms with E-state index in [1.165, 1.54) is 0 Å². The normalized spacial score (nSPS) is 12.2. The molecule has 0 radical (unpaired) electrons. The smallest absolute Gasteiger partial charge is 0.221 e. The van der Waals surface area contributed by atoms with Crippen LogP contribution in [0.2, 0.25) is 0 Å². The zero-order chi connectivity index (χ0) is 10.3. The summed E-state index contributed by atoms with van der Waals surface area (Å²) < 4.78 is 0. The second kappa shape index (κ2) is 2.70. The number of hydrogen-bond donors (Lipinski definition) is 2. The molecule has 2 aromatic heterocycles. The van der Waals surface area contributed by atoms with Crippen molar-refractivity contribution in [2.75, 3.05) is 5.73 Å². The summed E-state index contributed by atoms with van der Waals surface area (Å²) in [7, 11) is 0. The van der Waals surface area contributed by atoms with E-state index >= 15 is 0 Å². The predicted molar refractivity (Wildman–Crippen MR) is 57.0 cm³/mol. The van der Waals surface area contributed by atoms with Gasteiger partial charge in [0.1, 0.15) is 5.65 Å². The average molecular weight is 190 g/mol. The van der Waals surface area contributed by atoms with Gasteiger partial charge in [0, 0.05) is 22.7 Å². The van der Waals surface area contributed by atoms with Crippen molar-refractivity contribution in [3.63, 3.8) is 0 Å². The highest BCUT2D eigenvalue weighted by atomic mass is 15.0. The topological polar surface area (TPSA) is 67.6 Å². The summed E-state index contributed by atoms with van der Waals surface area (Å²) in [5.74, 6) is 0.305. The number of aromatic nitrogens is 3. The van der Waals surface area contributed by atoms with Crippen LogP contribution in [0.25, 0.3) is 11.0 Å². The van der Waals surface area contributed by atoms with Crippen LogP contribution in [0, 0.1) is 0 Å². The maximum absolute atomic E-state index is 5.50. The standard InChI is InChI=1S/C10H14N4/c1-10(2,3)7-4-6-5-12-9(11)14-8(6)13-7/h4-5H,1-3H3,(H3,11,12,13,14).